The average molecular weight is 364 g/mol. The standard InChI is InChI=1S/C19H19F3N2O2/c1-13(25)24-17(15-7-3-2-4-8-15)11-18(26)23-12-14-6-5-9-16(10-14)19(20,21)22/h2-10,17H,11-12H2,1H3,(H,23,26)(H,24,25). The SMILES string of the molecule is CC(=O)NC(CC(=O)NCc1cccc(C(F)(F)F)c1)c1ccccc1. The highest BCUT2D eigenvalue weighted by Gasteiger charge is 2.30. The van der Waals surface area contributed by atoms with Crippen LogP contribution < -0.4 is 10.6 Å². The molecule has 0 saturated heterocycles. The lowest BCUT2D eigenvalue weighted by molar-refractivity contribution is -0.137. The van der Waals surface area contributed by atoms with E-state index in [1.807, 2.05) is 6.07 Å². The van der Waals surface area contributed by atoms with Crippen molar-refractivity contribution in [1.82, 2.24) is 10.6 Å². The van der Waals surface area contributed by atoms with Crippen LogP contribution in [0.1, 0.15) is 36.1 Å². The highest BCUT2D eigenvalue weighted by Crippen LogP contribution is 2.29. The van der Waals surface area contributed by atoms with Gasteiger partial charge in [0.2, 0.25) is 11.8 Å². The Kier molecular flexibility index (Phi) is 6.38. The van der Waals surface area contributed by atoms with Crippen LogP contribution in [0.3, 0.4) is 0 Å². The number of benzene rings is 2. The van der Waals surface area contributed by atoms with Crippen LogP contribution in [0.5, 0.6) is 0 Å². The Morgan fingerprint density at radius 3 is 2.35 bits per heavy atom. The molecule has 1 atom stereocenters. The summed E-state index contributed by atoms with van der Waals surface area (Å²) in [7, 11) is 0. The molecule has 0 aliphatic heterocycles. The Bertz CT molecular complexity index is 761. The van der Waals surface area contributed by atoms with Crippen LogP contribution in [-0.2, 0) is 22.3 Å². The fourth-order valence-electron chi connectivity index (χ4n) is 2.50. The first-order chi connectivity index (χ1) is 12.3. The van der Waals surface area contributed by atoms with Crippen LogP contribution in [0.25, 0.3) is 0 Å². The number of carbonyl (C=O) groups is 2. The van der Waals surface area contributed by atoms with Crippen molar-refractivity contribution in [1.29, 1.82) is 0 Å². The maximum Gasteiger partial charge on any atom is 0.416 e. The molecule has 138 valence electrons. The second-order valence-corrected chi connectivity index (χ2v) is 5.84. The van der Waals surface area contributed by atoms with E-state index in [0.717, 1.165) is 17.7 Å². The van der Waals surface area contributed by atoms with E-state index in [1.54, 1.807) is 24.3 Å². The summed E-state index contributed by atoms with van der Waals surface area (Å²) in [5.41, 5.74) is 0.366. The van der Waals surface area contributed by atoms with Gasteiger partial charge in [0.05, 0.1) is 18.0 Å². The minimum Gasteiger partial charge on any atom is -0.352 e. The molecular formula is C19H19F3N2O2. The van der Waals surface area contributed by atoms with Crippen molar-refractivity contribution in [2.75, 3.05) is 0 Å². The summed E-state index contributed by atoms with van der Waals surface area (Å²) >= 11 is 0. The summed E-state index contributed by atoms with van der Waals surface area (Å²) in [6.45, 7) is 1.33. The molecule has 0 radical (unpaired) electrons. The lowest BCUT2D eigenvalue weighted by Crippen LogP contribution is -2.32. The van der Waals surface area contributed by atoms with Gasteiger partial charge in [0, 0.05) is 13.5 Å². The number of hydrogen-bond acceptors (Lipinski definition) is 2. The molecule has 2 N–H and O–H groups in total. The summed E-state index contributed by atoms with van der Waals surface area (Å²) in [4.78, 5) is 23.5. The van der Waals surface area contributed by atoms with E-state index in [0.29, 0.717) is 5.56 Å². The highest BCUT2D eigenvalue weighted by molar-refractivity contribution is 5.79. The molecule has 0 bridgehead atoms. The van der Waals surface area contributed by atoms with Gasteiger partial charge >= 0.3 is 6.18 Å². The maximum absolute atomic E-state index is 12.7. The predicted molar refractivity (Wildman–Crippen MR) is 90.9 cm³/mol. The van der Waals surface area contributed by atoms with Crippen LogP contribution in [0, 0.1) is 0 Å². The van der Waals surface area contributed by atoms with E-state index < -0.39 is 17.8 Å². The number of nitrogens with one attached hydrogen (secondary N) is 2. The monoisotopic (exact) mass is 364 g/mol. The fraction of sp³-hybridized carbons (Fsp3) is 0.263. The zero-order valence-electron chi connectivity index (χ0n) is 14.1. The molecule has 7 heteroatoms. The summed E-state index contributed by atoms with van der Waals surface area (Å²) in [6.07, 6.45) is -4.44. The van der Waals surface area contributed by atoms with Crippen LogP contribution >= 0.6 is 0 Å². The van der Waals surface area contributed by atoms with Gasteiger partial charge in [0.25, 0.3) is 0 Å². The quantitative estimate of drug-likeness (QED) is 0.823. The second kappa shape index (κ2) is 8.51. The molecule has 0 aliphatic carbocycles. The first-order valence-electron chi connectivity index (χ1n) is 8.00. The third kappa shape index (κ3) is 5.91. The molecule has 26 heavy (non-hydrogen) atoms. The van der Waals surface area contributed by atoms with E-state index in [4.69, 9.17) is 0 Å². The van der Waals surface area contributed by atoms with Crippen molar-refractivity contribution in [3.63, 3.8) is 0 Å². The smallest absolute Gasteiger partial charge is 0.352 e. The zero-order valence-corrected chi connectivity index (χ0v) is 14.1. The van der Waals surface area contributed by atoms with Crippen molar-refractivity contribution in [3.8, 4) is 0 Å². The number of carbonyl (C=O) groups excluding carboxylic acids is 2. The topological polar surface area (TPSA) is 58.2 Å². The van der Waals surface area contributed by atoms with E-state index >= 15 is 0 Å². The third-order valence-electron chi connectivity index (χ3n) is 3.71. The van der Waals surface area contributed by atoms with Crippen molar-refractivity contribution >= 4 is 11.8 Å². The summed E-state index contributed by atoms with van der Waals surface area (Å²) in [5.74, 6) is -0.644. The molecule has 1 unspecified atom stereocenters. The summed E-state index contributed by atoms with van der Waals surface area (Å²) in [6, 6.07) is 13.3. The first-order valence-corrected chi connectivity index (χ1v) is 8.00. The third-order valence-corrected chi connectivity index (χ3v) is 3.71. The zero-order chi connectivity index (χ0) is 19.2. The summed E-state index contributed by atoms with van der Waals surface area (Å²) < 4.78 is 38.2. The molecule has 4 nitrogen and oxygen atoms in total. The predicted octanol–water partition coefficient (Wildman–Crippen LogP) is 3.59. The van der Waals surface area contributed by atoms with Gasteiger partial charge in [0.1, 0.15) is 0 Å². The number of halogens is 3. The second-order valence-electron chi connectivity index (χ2n) is 5.84. The fourth-order valence-corrected chi connectivity index (χ4v) is 2.50. The molecule has 2 aromatic carbocycles. The molecule has 0 fully saturated rings. The van der Waals surface area contributed by atoms with Gasteiger partial charge in [-0.05, 0) is 23.3 Å². The largest absolute Gasteiger partial charge is 0.416 e. The van der Waals surface area contributed by atoms with Gasteiger partial charge in [0.15, 0.2) is 0 Å². The molecule has 2 aromatic rings. The lowest BCUT2D eigenvalue weighted by Gasteiger charge is -2.18. The number of amides is 2. The van der Waals surface area contributed by atoms with Crippen LogP contribution in [0.2, 0.25) is 0 Å². The number of alkyl halides is 3. The van der Waals surface area contributed by atoms with Gasteiger partial charge < -0.3 is 10.6 Å². The van der Waals surface area contributed by atoms with E-state index in [1.165, 1.54) is 19.1 Å². The minimum absolute atomic E-state index is 0.0114. The molecule has 2 rings (SSSR count). The van der Waals surface area contributed by atoms with Gasteiger partial charge in [-0.25, -0.2) is 0 Å². The Labute approximate surface area is 149 Å². The molecule has 0 spiro atoms. The Hall–Kier alpha value is -2.83. The lowest BCUT2D eigenvalue weighted by atomic mass is 10.0. The van der Waals surface area contributed by atoms with Crippen molar-refractivity contribution in [2.24, 2.45) is 0 Å². The number of hydrogen-bond donors (Lipinski definition) is 2. The van der Waals surface area contributed by atoms with Gasteiger partial charge in [-0.15, -0.1) is 0 Å². The van der Waals surface area contributed by atoms with E-state index in [9.17, 15) is 22.8 Å². The molecule has 0 aliphatic rings. The number of rotatable bonds is 6. The maximum atomic E-state index is 12.7. The average Bonchev–Trinajstić information content (AvgIpc) is 2.59. The normalized spacial score (nSPS) is 12.3. The van der Waals surface area contributed by atoms with Gasteiger partial charge in [-0.1, -0.05) is 42.5 Å². The Balaban J connectivity index is 1.99. The molecule has 0 saturated carbocycles. The van der Waals surface area contributed by atoms with Gasteiger partial charge in [-0.3, -0.25) is 9.59 Å². The highest BCUT2D eigenvalue weighted by atomic mass is 19.4. The van der Waals surface area contributed by atoms with Crippen molar-refractivity contribution in [2.45, 2.75) is 32.1 Å². The van der Waals surface area contributed by atoms with Crippen LogP contribution in [-0.4, -0.2) is 11.8 Å². The van der Waals surface area contributed by atoms with Crippen LogP contribution in [0.15, 0.2) is 54.6 Å². The summed E-state index contributed by atoms with van der Waals surface area (Å²) in [5, 5.41) is 5.30. The van der Waals surface area contributed by atoms with E-state index in [-0.39, 0.29) is 24.8 Å². The Morgan fingerprint density at radius 1 is 1.04 bits per heavy atom. The van der Waals surface area contributed by atoms with Gasteiger partial charge in [-0.2, -0.15) is 13.2 Å². The minimum atomic E-state index is -4.43. The first kappa shape index (κ1) is 19.5. The van der Waals surface area contributed by atoms with Crippen LogP contribution in [0.4, 0.5) is 13.2 Å². The van der Waals surface area contributed by atoms with E-state index in [2.05, 4.69) is 10.6 Å². The molecular weight excluding hydrogens is 345 g/mol. The van der Waals surface area contributed by atoms with Crippen molar-refractivity contribution in [3.05, 3.63) is 71.3 Å². The van der Waals surface area contributed by atoms with Crippen molar-refractivity contribution < 1.29 is 22.8 Å². The molecule has 2 amide bonds. The Morgan fingerprint density at radius 2 is 1.73 bits per heavy atom. The molecule has 0 heterocycles. The molecule has 0 aromatic heterocycles.